The molecule has 0 amide bonds. The SMILES string of the molecule is CC(=O)O[C@@H](C[C@@H](C)C1=C2C[C@H](O)C3[C@@]4(C)CCC(=O)C(C)(C)C4CC[C@]3(C)[C@@]2(C)CC1)[C@H](O)C(C)(C)O. The summed E-state index contributed by atoms with van der Waals surface area (Å²) in [4.78, 5) is 24.8. The largest absolute Gasteiger partial charge is 0.460 e. The van der Waals surface area contributed by atoms with Gasteiger partial charge in [-0.2, -0.15) is 0 Å². The first-order chi connectivity index (χ1) is 17.3. The molecule has 4 rings (SSSR count). The molecule has 3 N–H and O–H groups in total. The molecule has 0 radical (unpaired) electrons. The summed E-state index contributed by atoms with van der Waals surface area (Å²) in [6.07, 6.45) is 4.01. The van der Waals surface area contributed by atoms with E-state index in [1.54, 1.807) is 0 Å². The fourth-order valence-corrected chi connectivity index (χ4v) is 10.1. The molecule has 0 heterocycles. The Morgan fingerprint density at radius 1 is 1.11 bits per heavy atom. The van der Waals surface area contributed by atoms with Crippen LogP contribution >= 0.6 is 0 Å². The molecule has 3 fully saturated rings. The van der Waals surface area contributed by atoms with Gasteiger partial charge in [0.15, 0.2) is 0 Å². The Kier molecular flexibility index (Phi) is 7.36. The number of esters is 1. The minimum atomic E-state index is -1.40. The monoisotopic (exact) mass is 532 g/mol. The van der Waals surface area contributed by atoms with Crippen molar-refractivity contribution in [3.63, 3.8) is 0 Å². The number of Topliss-reactive ketones (excluding diaryl/α,β-unsaturated/α-hetero) is 1. The zero-order chi connectivity index (χ0) is 28.6. The topological polar surface area (TPSA) is 104 Å². The van der Waals surface area contributed by atoms with Gasteiger partial charge in [0.2, 0.25) is 0 Å². The standard InChI is InChI=1S/C32H52O6/c1-18(16-23(38-19(2)33)27(36)29(5,6)37)20-10-14-31(8)21(20)17-22(34)26-30(7)13-12-25(35)28(3,4)24(30)11-15-32(26,31)9/h18,22-24,26-27,34,36-37H,10-17H2,1-9H3/t18-,22+,23+,24?,26?,27+,30+,31+,32+/m1/s1. The van der Waals surface area contributed by atoms with Crippen molar-refractivity contribution in [1.29, 1.82) is 0 Å². The lowest BCUT2D eigenvalue weighted by molar-refractivity contribution is -0.208. The number of hydrogen-bond acceptors (Lipinski definition) is 6. The van der Waals surface area contributed by atoms with Crippen LogP contribution in [0.3, 0.4) is 0 Å². The van der Waals surface area contributed by atoms with Crippen LogP contribution in [0.15, 0.2) is 11.1 Å². The lowest BCUT2D eigenvalue weighted by atomic mass is 9.36. The first-order valence-electron chi connectivity index (χ1n) is 14.8. The summed E-state index contributed by atoms with van der Waals surface area (Å²) in [6, 6.07) is 0. The normalized spacial score (nSPS) is 41.1. The number of hydrogen-bond donors (Lipinski definition) is 3. The minimum absolute atomic E-state index is 0.0405. The van der Waals surface area contributed by atoms with Crippen LogP contribution in [0.1, 0.15) is 114 Å². The molecule has 2 unspecified atom stereocenters. The maximum atomic E-state index is 12.9. The van der Waals surface area contributed by atoms with Crippen LogP contribution in [0.5, 0.6) is 0 Å². The molecule has 0 spiro atoms. The summed E-state index contributed by atoms with van der Waals surface area (Å²) in [5, 5.41) is 33.1. The Balaban J connectivity index is 1.68. The van der Waals surface area contributed by atoms with Crippen molar-refractivity contribution < 1.29 is 29.6 Å². The van der Waals surface area contributed by atoms with E-state index in [-0.39, 0.29) is 39.4 Å². The second-order valence-corrected chi connectivity index (χ2v) is 15.1. The molecule has 0 aromatic carbocycles. The van der Waals surface area contributed by atoms with Gasteiger partial charge in [-0.15, -0.1) is 0 Å². The van der Waals surface area contributed by atoms with E-state index in [9.17, 15) is 24.9 Å². The number of carbonyl (C=O) groups excluding carboxylic acids is 2. The molecule has 4 aliphatic carbocycles. The first kappa shape index (κ1) is 29.7. The number of ether oxygens (including phenoxy) is 1. The number of allylic oxidation sites excluding steroid dienone is 1. The van der Waals surface area contributed by atoms with Crippen LogP contribution in [-0.2, 0) is 14.3 Å². The van der Waals surface area contributed by atoms with Gasteiger partial charge in [-0.1, -0.05) is 52.7 Å². The summed E-state index contributed by atoms with van der Waals surface area (Å²) in [7, 11) is 0. The zero-order valence-corrected chi connectivity index (χ0v) is 25.2. The van der Waals surface area contributed by atoms with Gasteiger partial charge in [0, 0.05) is 18.8 Å². The van der Waals surface area contributed by atoms with Crippen LogP contribution in [0.25, 0.3) is 0 Å². The van der Waals surface area contributed by atoms with Crippen LogP contribution < -0.4 is 0 Å². The lowest BCUT2D eigenvalue weighted by Crippen LogP contribution is -2.65. The molecule has 6 nitrogen and oxygen atoms in total. The van der Waals surface area contributed by atoms with Crippen molar-refractivity contribution in [2.24, 2.45) is 39.4 Å². The summed E-state index contributed by atoms with van der Waals surface area (Å²) >= 11 is 0. The van der Waals surface area contributed by atoms with Gasteiger partial charge < -0.3 is 20.1 Å². The Hall–Kier alpha value is -1.24. The Morgan fingerprint density at radius 2 is 1.74 bits per heavy atom. The van der Waals surface area contributed by atoms with Crippen LogP contribution in [0.4, 0.5) is 0 Å². The van der Waals surface area contributed by atoms with E-state index in [0.29, 0.717) is 25.0 Å². The van der Waals surface area contributed by atoms with E-state index in [1.165, 1.54) is 31.9 Å². The van der Waals surface area contributed by atoms with Gasteiger partial charge in [-0.25, -0.2) is 0 Å². The Bertz CT molecular complexity index is 1010. The Labute approximate surface area is 229 Å². The van der Waals surface area contributed by atoms with Crippen molar-refractivity contribution >= 4 is 11.8 Å². The Morgan fingerprint density at radius 3 is 2.32 bits per heavy atom. The first-order valence-corrected chi connectivity index (χ1v) is 14.8. The van der Waals surface area contributed by atoms with Crippen LogP contribution in [0.2, 0.25) is 0 Å². The molecular weight excluding hydrogens is 480 g/mol. The fraction of sp³-hybridized carbons (Fsp3) is 0.875. The molecule has 0 saturated heterocycles. The van der Waals surface area contributed by atoms with Crippen LogP contribution in [0, 0.1) is 39.4 Å². The molecule has 0 aliphatic heterocycles. The molecule has 6 heteroatoms. The van der Waals surface area contributed by atoms with Crippen molar-refractivity contribution in [1.82, 2.24) is 0 Å². The van der Waals surface area contributed by atoms with E-state index in [4.69, 9.17) is 4.74 Å². The molecular formula is C32H52O6. The van der Waals surface area contributed by atoms with Crippen LogP contribution in [-0.4, -0.2) is 51.0 Å². The highest BCUT2D eigenvalue weighted by Crippen LogP contribution is 2.74. The van der Waals surface area contributed by atoms with Crippen molar-refractivity contribution in [3.8, 4) is 0 Å². The maximum absolute atomic E-state index is 12.9. The highest BCUT2D eigenvalue weighted by molar-refractivity contribution is 5.85. The average Bonchev–Trinajstić information content (AvgIpc) is 3.12. The molecule has 0 aromatic rings. The summed E-state index contributed by atoms with van der Waals surface area (Å²) in [5.41, 5.74) is 0.711. The number of fused-ring (bicyclic) bond motifs is 5. The van der Waals surface area contributed by atoms with Gasteiger partial charge in [0.25, 0.3) is 0 Å². The number of carbonyl (C=O) groups is 2. The molecule has 0 bridgehead atoms. The van der Waals surface area contributed by atoms with E-state index in [2.05, 4.69) is 41.5 Å². The van der Waals surface area contributed by atoms with Crippen molar-refractivity contribution in [3.05, 3.63) is 11.1 Å². The zero-order valence-electron chi connectivity index (χ0n) is 25.2. The predicted molar refractivity (Wildman–Crippen MR) is 147 cm³/mol. The number of aliphatic hydroxyl groups excluding tert-OH is 2. The molecule has 216 valence electrons. The van der Waals surface area contributed by atoms with Crippen molar-refractivity contribution in [2.75, 3.05) is 0 Å². The van der Waals surface area contributed by atoms with Gasteiger partial charge >= 0.3 is 5.97 Å². The van der Waals surface area contributed by atoms with E-state index in [0.717, 1.165) is 32.1 Å². The van der Waals surface area contributed by atoms with Crippen molar-refractivity contribution in [2.45, 2.75) is 138 Å². The second-order valence-electron chi connectivity index (χ2n) is 15.1. The smallest absolute Gasteiger partial charge is 0.302 e. The summed E-state index contributed by atoms with van der Waals surface area (Å²) < 4.78 is 5.51. The van der Waals surface area contributed by atoms with E-state index < -0.39 is 29.9 Å². The van der Waals surface area contributed by atoms with Gasteiger partial charge in [0.1, 0.15) is 18.0 Å². The number of rotatable bonds is 6. The lowest BCUT2D eigenvalue weighted by Gasteiger charge is -2.69. The highest BCUT2D eigenvalue weighted by atomic mass is 16.6. The third kappa shape index (κ3) is 4.32. The molecule has 0 aromatic heterocycles. The summed E-state index contributed by atoms with van der Waals surface area (Å²) in [6.45, 7) is 17.9. The highest BCUT2D eigenvalue weighted by Gasteiger charge is 2.69. The second kappa shape index (κ2) is 9.41. The average molecular weight is 533 g/mol. The maximum Gasteiger partial charge on any atom is 0.302 e. The quantitative estimate of drug-likeness (QED) is 0.314. The fourth-order valence-electron chi connectivity index (χ4n) is 10.1. The third-order valence-electron chi connectivity index (χ3n) is 12.2. The number of aliphatic hydroxyl groups is 3. The third-order valence-corrected chi connectivity index (χ3v) is 12.2. The molecule has 4 aliphatic rings. The molecule has 9 atom stereocenters. The number of ketones is 1. The summed E-state index contributed by atoms with van der Waals surface area (Å²) in [5.74, 6) is 0.356. The van der Waals surface area contributed by atoms with E-state index in [1.807, 2.05) is 0 Å². The predicted octanol–water partition coefficient (Wildman–Crippen LogP) is 5.37. The molecule has 3 saturated carbocycles. The van der Waals surface area contributed by atoms with E-state index >= 15 is 0 Å². The van der Waals surface area contributed by atoms with Gasteiger partial charge in [0.05, 0.1) is 11.7 Å². The minimum Gasteiger partial charge on any atom is -0.460 e. The van der Waals surface area contributed by atoms with Gasteiger partial charge in [-0.3, -0.25) is 9.59 Å². The van der Waals surface area contributed by atoms with Gasteiger partial charge in [-0.05, 0) is 92.8 Å². The molecule has 38 heavy (non-hydrogen) atoms.